The number of carbonyl (C=O) groups excluding carboxylic acids is 1. The molecule has 0 bridgehead atoms. The highest BCUT2D eigenvalue weighted by Gasteiger charge is 2.84. The first-order chi connectivity index (χ1) is 18.0. The van der Waals surface area contributed by atoms with Crippen molar-refractivity contribution in [3.8, 4) is 0 Å². The van der Waals surface area contributed by atoms with Crippen molar-refractivity contribution in [2.24, 2.45) is 50.7 Å². The standard InChI is InChI=1S/C34H57NO4/c1-10-25(37)35(29(3,4)5)18-21-17-20(2)26-27(39-21)28(38)32(9)23-12-11-22-30(6,7)24(36)13-14-33(22)19-34(23,33)16-15-31(26,32)8/h20-24,26-28,36,38H,10-19H2,1-9H3/t20-,21?,22+,23?,24?,26+,27?,28+,31-,32-,33-,34+/m1/s1. The van der Waals surface area contributed by atoms with Gasteiger partial charge in [-0.3, -0.25) is 4.79 Å². The van der Waals surface area contributed by atoms with E-state index in [4.69, 9.17) is 4.74 Å². The molecule has 6 rings (SSSR count). The van der Waals surface area contributed by atoms with Gasteiger partial charge in [0.15, 0.2) is 0 Å². The van der Waals surface area contributed by atoms with E-state index in [-0.39, 0.29) is 46.0 Å². The van der Waals surface area contributed by atoms with Crippen LogP contribution in [0.5, 0.6) is 0 Å². The fourth-order valence-electron chi connectivity index (χ4n) is 12.7. The largest absolute Gasteiger partial charge is 0.393 e. The molecule has 1 saturated heterocycles. The maximum Gasteiger partial charge on any atom is 0.222 e. The zero-order valence-electron chi connectivity index (χ0n) is 26.3. The highest BCUT2D eigenvalue weighted by atomic mass is 16.5. The monoisotopic (exact) mass is 543 g/mol. The smallest absolute Gasteiger partial charge is 0.222 e. The van der Waals surface area contributed by atoms with Gasteiger partial charge in [0, 0.05) is 23.9 Å². The molecular formula is C34H57NO4. The van der Waals surface area contributed by atoms with E-state index in [1.165, 1.54) is 32.1 Å². The van der Waals surface area contributed by atoms with Crippen LogP contribution in [0.25, 0.3) is 0 Å². The van der Waals surface area contributed by atoms with Crippen LogP contribution in [0.4, 0.5) is 0 Å². The number of aliphatic hydroxyl groups excluding tert-OH is 2. The van der Waals surface area contributed by atoms with Crippen molar-refractivity contribution in [1.82, 2.24) is 4.90 Å². The van der Waals surface area contributed by atoms with Gasteiger partial charge in [-0.2, -0.15) is 0 Å². The molecule has 222 valence electrons. The minimum Gasteiger partial charge on any atom is -0.393 e. The first kappa shape index (κ1) is 28.5. The van der Waals surface area contributed by atoms with Crippen molar-refractivity contribution >= 4 is 5.91 Å². The van der Waals surface area contributed by atoms with Gasteiger partial charge in [-0.25, -0.2) is 0 Å². The van der Waals surface area contributed by atoms with Crippen molar-refractivity contribution in [2.45, 2.75) is 150 Å². The number of nitrogens with zero attached hydrogens (tertiary/aromatic N) is 1. The first-order valence-electron chi connectivity index (χ1n) is 16.3. The Morgan fingerprint density at radius 3 is 2.26 bits per heavy atom. The SMILES string of the molecule is CCC(=O)N(CC1C[C@@H](C)[C@H]2C(O1)[C@H](O)[C@@]1(C)C3CC[C@H]4C(C)(C)C(O)CC[C@@]45C[C@@]35CC[C@]21C)C(C)(C)C. The van der Waals surface area contributed by atoms with E-state index in [1.807, 2.05) is 11.8 Å². The summed E-state index contributed by atoms with van der Waals surface area (Å²) in [5, 5.41) is 23.4. The molecule has 5 heteroatoms. The summed E-state index contributed by atoms with van der Waals surface area (Å²) >= 11 is 0. The fourth-order valence-corrected chi connectivity index (χ4v) is 12.7. The van der Waals surface area contributed by atoms with Crippen LogP contribution in [0.2, 0.25) is 0 Å². The van der Waals surface area contributed by atoms with Gasteiger partial charge in [-0.05, 0) is 117 Å². The van der Waals surface area contributed by atoms with Gasteiger partial charge < -0.3 is 19.8 Å². The van der Waals surface area contributed by atoms with Gasteiger partial charge in [0.25, 0.3) is 0 Å². The molecule has 2 spiro atoms. The Morgan fingerprint density at radius 1 is 0.974 bits per heavy atom. The van der Waals surface area contributed by atoms with Crippen LogP contribution in [0.1, 0.15) is 120 Å². The van der Waals surface area contributed by atoms with E-state index in [0.717, 1.165) is 19.3 Å². The van der Waals surface area contributed by atoms with Crippen molar-refractivity contribution in [2.75, 3.05) is 6.54 Å². The van der Waals surface area contributed by atoms with Gasteiger partial charge >= 0.3 is 0 Å². The van der Waals surface area contributed by atoms with E-state index in [1.54, 1.807) is 0 Å². The Balaban J connectivity index is 1.30. The second-order valence-electron chi connectivity index (χ2n) is 17.2. The second kappa shape index (κ2) is 8.47. The Hall–Kier alpha value is -0.650. The molecule has 4 unspecified atom stereocenters. The number of aliphatic hydroxyl groups is 2. The predicted octanol–water partition coefficient (Wildman–Crippen LogP) is 6.20. The third kappa shape index (κ3) is 3.39. The van der Waals surface area contributed by atoms with E-state index < -0.39 is 6.10 Å². The summed E-state index contributed by atoms with van der Waals surface area (Å²) in [6.07, 6.45) is 8.83. The lowest BCUT2D eigenvalue weighted by molar-refractivity contribution is -0.182. The molecular weight excluding hydrogens is 486 g/mol. The summed E-state index contributed by atoms with van der Waals surface area (Å²) in [5.41, 5.74) is 0.316. The van der Waals surface area contributed by atoms with Gasteiger partial charge in [-0.1, -0.05) is 41.5 Å². The maximum absolute atomic E-state index is 12.9. The third-order valence-electron chi connectivity index (χ3n) is 14.7. The summed E-state index contributed by atoms with van der Waals surface area (Å²) < 4.78 is 6.94. The molecule has 5 aliphatic carbocycles. The maximum atomic E-state index is 12.9. The molecule has 0 aromatic carbocycles. The van der Waals surface area contributed by atoms with E-state index >= 15 is 0 Å². The third-order valence-corrected chi connectivity index (χ3v) is 14.7. The van der Waals surface area contributed by atoms with Crippen LogP contribution in [0.15, 0.2) is 0 Å². The minimum absolute atomic E-state index is 0.0175. The molecule has 5 saturated carbocycles. The van der Waals surface area contributed by atoms with E-state index in [2.05, 4.69) is 55.4 Å². The molecule has 1 aliphatic heterocycles. The lowest BCUT2D eigenvalue weighted by Gasteiger charge is -2.63. The lowest BCUT2D eigenvalue weighted by Crippen LogP contribution is -2.59. The summed E-state index contributed by atoms with van der Waals surface area (Å²) in [4.78, 5) is 14.9. The Bertz CT molecular complexity index is 1020. The van der Waals surface area contributed by atoms with Crippen molar-refractivity contribution in [3.63, 3.8) is 0 Å². The second-order valence-corrected chi connectivity index (χ2v) is 17.2. The van der Waals surface area contributed by atoms with Gasteiger partial charge in [0.2, 0.25) is 5.91 Å². The fraction of sp³-hybridized carbons (Fsp3) is 0.971. The van der Waals surface area contributed by atoms with Gasteiger partial charge in [0.1, 0.15) is 0 Å². The molecule has 0 aromatic rings. The summed E-state index contributed by atoms with van der Waals surface area (Å²) in [6.45, 7) is 20.9. The van der Waals surface area contributed by atoms with Crippen molar-refractivity contribution < 1.29 is 19.7 Å². The minimum atomic E-state index is -0.471. The normalized spacial score (nSPS) is 53.5. The molecule has 39 heavy (non-hydrogen) atoms. The number of hydrogen-bond acceptors (Lipinski definition) is 4. The lowest BCUT2D eigenvalue weighted by atomic mass is 9.41. The number of ether oxygens (including phenoxy) is 1. The Labute approximate surface area is 237 Å². The summed E-state index contributed by atoms with van der Waals surface area (Å²) in [7, 11) is 0. The Morgan fingerprint density at radius 2 is 1.62 bits per heavy atom. The van der Waals surface area contributed by atoms with Crippen LogP contribution in [-0.4, -0.2) is 57.5 Å². The topological polar surface area (TPSA) is 70.0 Å². The molecule has 6 fully saturated rings. The van der Waals surface area contributed by atoms with E-state index in [9.17, 15) is 15.0 Å². The number of fused-ring (bicyclic) bond motifs is 4. The molecule has 1 heterocycles. The number of carbonyl (C=O) groups is 1. The van der Waals surface area contributed by atoms with Crippen molar-refractivity contribution in [1.29, 1.82) is 0 Å². The highest BCUT2D eigenvalue weighted by molar-refractivity contribution is 5.76. The highest BCUT2D eigenvalue weighted by Crippen LogP contribution is 2.89. The average molecular weight is 544 g/mol. The van der Waals surface area contributed by atoms with Crippen LogP contribution < -0.4 is 0 Å². The average Bonchev–Trinajstić information content (AvgIpc) is 3.49. The first-order valence-corrected chi connectivity index (χ1v) is 16.3. The zero-order chi connectivity index (χ0) is 28.6. The quantitative estimate of drug-likeness (QED) is 0.445. The molecule has 0 radical (unpaired) electrons. The zero-order valence-corrected chi connectivity index (χ0v) is 26.3. The molecule has 2 N–H and O–H groups in total. The number of amides is 1. The van der Waals surface area contributed by atoms with Crippen LogP contribution in [0, 0.1) is 50.7 Å². The number of hydrogen-bond donors (Lipinski definition) is 2. The molecule has 12 atom stereocenters. The van der Waals surface area contributed by atoms with Crippen LogP contribution in [0.3, 0.4) is 0 Å². The predicted molar refractivity (Wildman–Crippen MR) is 154 cm³/mol. The van der Waals surface area contributed by atoms with E-state index in [0.29, 0.717) is 47.5 Å². The van der Waals surface area contributed by atoms with Crippen molar-refractivity contribution in [3.05, 3.63) is 0 Å². The van der Waals surface area contributed by atoms with Gasteiger partial charge in [0.05, 0.1) is 24.4 Å². The molecule has 5 nitrogen and oxygen atoms in total. The number of rotatable bonds is 3. The van der Waals surface area contributed by atoms with Crippen LogP contribution >= 0.6 is 0 Å². The molecule has 0 aromatic heterocycles. The van der Waals surface area contributed by atoms with Crippen LogP contribution in [-0.2, 0) is 9.53 Å². The summed E-state index contributed by atoms with van der Waals surface area (Å²) in [6, 6.07) is 0. The van der Waals surface area contributed by atoms with Gasteiger partial charge in [-0.15, -0.1) is 0 Å². The Kier molecular flexibility index (Phi) is 6.18. The molecule has 6 aliphatic rings. The molecule has 1 amide bonds. The summed E-state index contributed by atoms with van der Waals surface area (Å²) in [5.74, 6) is 2.11.